The van der Waals surface area contributed by atoms with E-state index in [9.17, 15) is 4.79 Å². The van der Waals surface area contributed by atoms with Crippen molar-refractivity contribution in [3.8, 4) is 17.3 Å². The molecule has 3 heterocycles. The number of aliphatic hydroxyl groups excluding tert-OH is 1. The SMILES string of the molecule is Cc1cnc(-c2cccc(Cc3nnc4ccc(OC(=O)NCCO)nn34)c2)nc1. The Bertz CT molecular complexity index is 1170. The number of benzene rings is 1. The molecule has 0 unspecified atom stereocenters. The first-order valence-corrected chi connectivity index (χ1v) is 9.28. The molecule has 2 N–H and O–H groups in total. The van der Waals surface area contributed by atoms with E-state index in [0.29, 0.717) is 23.7 Å². The first-order chi connectivity index (χ1) is 14.6. The Kier molecular flexibility index (Phi) is 5.57. The first-order valence-electron chi connectivity index (χ1n) is 9.28. The molecule has 0 aliphatic carbocycles. The van der Waals surface area contributed by atoms with E-state index in [4.69, 9.17) is 9.84 Å². The summed E-state index contributed by atoms with van der Waals surface area (Å²) in [7, 11) is 0. The molecule has 4 rings (SSSR count). The van der Waals surface area contributed by atoms with Crippen LogP contribution in [0.25, 0.3) is 17.0 Å². The minimum atomic E-state index is -0.698. The fourth-order valence-electron chi connectivity index (χ4n) is 2.81. The molecule has 1 amide bonds. The van der Waals surface area contributed by atoms with Gasteiger partial charge in [0.1, 0.15) is 0 Å². The summed E-state index contributed by atoms with van der Waals surface area (Å²) >= 11 is 0. The molecule has 0 fully saturated rings. The number of carbonyl (C=O) groups excluding carboxylic acids is 1. The molecule has 0 saturated heterocycles. The van der Waals surface area contributed by atoms with Crippen molar-refractivity contribution in [3.05, 3.63) is 65.7 Å². The van der Waals surface area contributed by atoms with E-state index < -0.39 is 6.09 Å². The topological polar surface area (TPSA) is 127 Å². The Balaban J connectivity index is 1.56. The molecule has 0 aliphatic rings. The molecule has 10 nitrogen and oxygen atoms in total. The molecule has 0 saturated carbocycles. The van der Waals surface area contributed by atoms with Crippen LogP contribution in [-0.2, 0) is 6.42 Å². The maximum atomic E-state index is 11.7. The van der Waals surface area contributed by atoms with Crippen molar-refractivity contribution in [2.75, 3.05) is 13.2 Å². The van der Waals surface area contributed by atoms with Gasteiger partial charge in [0.25, 0.3) is 0 Å². The van der Waals surface area contributed by atoms with Crippen molar-refractivity contribution in [1.29, 1.82) is 0 Å². The molecular formula is C20H19N7O3. The van der Waals surface area contributed by atoms with Crippen LogP contribution in [0.15, 0.2) is 48.8 Å². The van der Waals surface area contributed by atoms with Gasteiger partial charge in [-0.3, -0.25) is 0 Å². The maximum absolute atomic E-state index is 11.7. The van der Waals surface area contributed by atoms with Crippen LogP contribution < -0.4 is 10.1 Å². The fourth-order valence-corrected chi connectivity index (χ4v) is 2.81. The number of aliphatic hydroxyl groups is 1. The summed E-state index contributed by atoms with van der Waals surface area (Å²) < 4.78 is 6.65. The summed E-state index contributed by atoms with van der Waals surface area (Å²) in [5, 5.41) is 23.8. The smallest absolute Gasteiger partial charge is 0.395 e. The van der Waals surface area contributed by atoms with Crippen molar-refractivity contribution >= 4 is 11.7 Å². The van der Waals surface area contributed by atoms with E-state index >= 15 is 0 Å². The second kappa shape index (κ2) is 8.62. The summed E-state index contributed by atoms with van der Waals surface area (Å²) in [6.45, 7) is 1.86. The van der Waals surface area contributed by atoms with Gasteiger partial charge in [-0.1, -0.05) is 18.2 Å². The van der Waals surface area contributed by atoms with Crippen LogP contribution in [0.3, 0.4) is 0 Å². The number of hydrogen-bond donors (Lipinski definition) is 2. The average molecular weight is 405 g/mol. The predicted octanol–water partition coefficient (Wildman–Crippen LogP) is 1.56. The highest BCUT2D eigenvalue weighted by molar-refractivity contribution is 5.69. The lowest BCUT2D eigenvalue weighted by Crippen LogP contribution is -2.29. The number of nitrogens with zero attached hydrogens (tertiary/aromatic N) is 6. The summed E-state index contributed by atoms with van der Waals surface area (Å²) in [5.41, 5.74) is 3.42. The van der Waals surface area contributed by atoms with Crippen LogP contribution in [0.2, 0.25) is 0 Å². The zero-order valence-corrected chi connectivity index (χ0v) is 16.2. The average Bonchev–Trinajstić information content (AvgIpc) is 3.15. The van der Waals surface area contributed by atoms with Crippen LogP contribution in [-0.4, -0.2) is 54.1 Å². The standard InChI is InChI=1S/C20H19N7O3/c1-13-11-22-19(23-12-13)15-4-2-3-14(9-15)10-17-25-24-16-5-6-18(26-27(16)17)30-20(29)21-7-8-28/h2-6,9,11-12,28H,7-8,10H2,1H3,(H,21,29). The molecule has 152 valence electrons. The molecule has 10 heteroatoms. The minimum Gasteiger partial charge on any atom is -0.395 e. The second-order valence-corrected chi connectivity index (χ2v) is 6.56. The van der Waals surface area contributed by atoms with E-state index in [1.807, 2.05) is 31.2 Å². The van der Waals surface area contributed by atoms with Gasteiger partial charge in [0.2, 0.25) is 5.88 Å². The van der Waals surface area contributed by atoms with Crippen molar-refractivity contribution in [1.82, 2.24) is 35.1 Å². The van der Waals surface area contributed by atoms with Gasteiger partial charge < -0.3 is 15.2 Å². The van der Waals surface area contributed by atoms with Gasteiger partial charge in [-0.2, -0.15) is 4.52 Å². The van der Waals surface area contributed by atoms with Crippen molar-refractivity contribution in [2.24, 2.45) is 0 Å². The Morgan fingerprint density at radius 3 is 2.80 bits per heavy atom. The summed E-state index contributed by atoms with van der Waals surface area (Å²) in [5.74, 6) is 1.34. The molecule has 30 heavy (non-hydrogen) atoms. The summed E-state index contributed by atoms with van der Waals surface area (Å²) in [6.07, 6.45) is 3.33. The molecule has 0 radical (unpaired) electrons. The summed E-state index contributed by atoms with van der Waals surface area (Å²) in [4.78, 5) is 20.4. The first kappa shape index (κ1) is 19.4. The van der Waals surface area contributed by atoms with Crippen LogP contribution in [0.4, 0.5) is 4.79 Å². The maximum Gasteiger partial charge on any atom is 0.414 e. The zero-order chi connectivity index (χ0) is 20.9. The normalized spacial score (nSPS) is 10.9. The largest absolute Gasteiger partial charge is 0.414 e. The number of ether oxygens (including phenoxy) is 1. The van der Waals surface area contributed by atoms with Gasteiger partial charge in [0.15, 0.2) is 17.3 Å². The lowest BCUT2D eigenvalue weighted by molar-refractivity contribution is 0.193. The van der Waals surface area contributed by atoms with Crippen LogP contribution in [0.5, 0.6) is 5.88 Å². The lowest BCUT2D eigenvalue weighted by atomic mass is 10.1. The van der Waals surface area contributed by atoms with E-state index in [2.05, 4.69) is 30.6 Å². The number of carbonyl (C=O) groups is 1. The number of nitrogens with one attached hydrogen (secondary N) is 1. The van der Waals surface area contributed by atoms with Gasteiger partial charge in [0, 0.05) is 37.0 Å². The number of rotatable bonds is 6. The Morgan fingerprint density at radius 1 is 1.17 bits per heavy atom. The number of aromatic nitrogens is 6. The fraction of sp³-hybridized carbons (Fsp3) is 0.200. The predicted molar refractivity (Wildman–Crippen MR) is 107 cm³/mol. The monoisotopic (exact) mass is 405 g/mol. The minimum absolute atomic E-state index is 0.0972. The molecule has 0 aliphatic heterocycles. The number of amides is 1. The molecule has 3 aromatic heterocycles. The number of fused-ring (bicyclic) bond motifs is 1. The highest BCUT2D eigenvalue weighted by Crippen LogP contribution is 2.18. The Hall–Kier alpha value is -3.92. The van der Waals surface area contributed by atoms with Crippen molar-refractivity contribution in [2.45, 2.75) is 13.3 Å². The third-order valence-corrected chi connectivity index (χ3v) is 4.21. The highest BCUT2D eigenvalue weighted by atomic mass is 16.6. The van der Waals surface area contributed by atoms with Crippen LogP contribution in [0, 0.1) is 6.92 Å². The number of hydrogen-bond acceptors (Lipinski definition) is 8. The quantitative estimate of drug-likeness (QED) is 0.495. The molecule has 0 atom stereocenters. The Labute approximate surface area is 171 Å². The second-order valence-electron chi connectivity index (χ2n) is 6.56. The third kappa shape index (κ3) is 4.39. The van der Waals surface area contributed by atoms with Gasteiger partial charge in [-0.05, 0) is 30.2 Å². The third-order valence-electron chi connectivity index (χ3n) is 4.21. The van der Waals surface area contributed by atoms with Crippen LogP contribution in [0.1, 0.15) is 17.0 Å². The Morgan fingerprint density at radius 2 is 2.00 bits per heavy atom. The van der Waals surface area contributed by atoms with Gasteiger partial charge >= 0.3 is 6.09 Å². The van der Waals surface area contributed by atoms with Gasteiger partial charge in [-0.25, -0.2) is 14.8 Å². The van der Waals surface area contributed by atoms with E-state index in [1.54, 1.807) is 18.5 Å². The summed E-state index contributed by atoms with van der Waals surface area (Å²) in [6, 6.07) is 11.0. The lowest BCUT2D eigenvalue weighted by Gasteiger charge is -2.06. The molecule has 1 aromatic carbocycles. The van der Waals surface area contributed by atoms with E-state index in [-0.39, 0.29) is 19.0 Å². The highest BCUT2D eigenvalue weighted by Gasteiger charge is 2.12. The zero-order valence-electron chi connectivity index (χ0n) is 16.2. The van der Waals surface area contributed by atoms with Crippen LogP contribution >= 0.6 is 0 Å². The van der Waals surface area contributed by atoms with E-state index in [0.717, 1.165) is 16.7 Å². The van der Waals surface area contributed by atoms with E-state index in [1.165, 1.54) is 10.6 Å². The molecule has 0 bridgehead atoms. The molecule has 0 spiro atoms. The van der Waals surface area contributed by atoms with Gasteiger partial charge in [0.05, 0.1) is 6.61 Å². The molecular weight excluding hydrogens is 386 g/mol. The number of aryl methyl sites for hydroxylation is 1. The van der Waals surface area contributed by atoms with Crippen molar-refractivity contribution < 1.29 is 14.6 Å². The van der Waals surface area contributed by atoms with Gasteiger partial charge in [-0.15, -0.1) is 15.3 Å². The van der Waals surface area contributed by atoms with Crippen molar-refractivity contribution in [3.63, 3.8) is 0 Å². The molecule has 4 aromatic rings.